The summed E-state index contributed by atoms with van der Waals surface area (Å²) >= 11 is 0. The summed E-state index contributed by atoms with van der Waals surface area (Å²) in [5.74, 6) is -0.948. The zero-order valence-corrected chi connectivity index (χ0v) is 21.4. The number of benzene rings is 2. The van der Waals surface area contributed by atoms with E-state index in [0.29, 0.717) is 39.0 Å². The Labute approximate surface area is 223 Å². The Balaban J connectivity index is 1.50. The zero-order valence-electron chi connectivity index (χ0n) is 21.4. The second-order valence-electron chi connectivity index (χ2n) is 10.1. The van der Waals surface area contributed by atoms with Crippen molar-refractivity contribution in [1.29, 1.82) is 5.26 Å². The number of halogens is 1. The summed E-state index contributed by atoms with van der Waals surface area (Å²) in [7, 11) is 0. The molecule has 2 aromatic carbocycles. The van der Waals surface area contributed by atoms with Crippen LogP contribution in [-0.4, -0.2) is 33.4 Å². The number of aliphatic hydroxyl groups is 1. The van der Waals surface area contributed by atoms with Gasteiger partial charge < -0.3 is 15.6 Å². The number of hydrogen-bond donors (Lipinski definition) is 2. The molecular formula is C30H25FN4O4. The van der Waals surface area contributed by atoms with Crippen LogP contribution in [0.5, 0.6) is 5.75 Å². The minimum absolute atomic E-state index is 0.00157. The second kappa shape index (κ2) is 9.57. The predicted molar refractivity (Wildman–Crippen MR) is 141 cm³/mol. The van der Waals surface area contributed by atoms with Gasteiger partial charge in [0.1, 0.15) is 41.0 Å². The fourth-order valence-corrected chi connectivity index (χ4v) is 4.73. The lowest BCUT2D eigenvalue weighted by molar-refractivity contribution is -0.123. The molecule has 9 heteroatoms. The van der Waals surface area contributed by atoms with E-state index in [1.54, 1.807) is 37.4 Å². The number of hydrogen-bond acceptors (Lipinski definition) is 7. The molecule has 1 amide bonds. The number of primary amides is 1. The van der Waals surface area contributed by atoms with Crippen LogP contribution in [0.4, 0.5) is 4.39 Å². The van der Waals surface area contributed by atoms with Crippen molar-refractivity contribution < 1.29 is 23.8 Å². The molecule has 0 bridgehead atoms. The molecule has 0 aliphatic carbocycles. The van der Waals surface area contributed by atoms with Crippen LogP contribution in [0, 0.1) is 17.1 Å². The number of nitrogens with zero attached hydrogens (tertiary/aromatic N) is 3. The largest absolute Gasteiger partial charge is 0.489 e. The van der Waals surface area contributed by atoms with E-state index in [2.05, 4.69) is 16.0 Å². The third kappa shape index (κ3) is 4.60. The number of amides is 1. The van der Waals surface area contributed by atoms with Gasteiger partial charge in [0.15, 0.2) is 5.78 Å². The molecule has 196 valence electrons. The topological polar surface area (TPSA) is 139 Å². The van der Waals surface area contributed by atoms with Gasteiger partial charge in [0, 0.05) is 34.7 Å². The van der Waals surface area contributed by atoms with Crippen LogP contribution >= 0.6 is 0 Å². The monoisotopic (exact) mass is 524 g/mol. The molecular weight excluding hydrogens is 499 g/mol. The maximum Gasteiger partial charge on any atom is 0.231 e. The molecule has 1 aliphatic heterocycles. The maximum absolute atomic E-state index is 13.6. The van der Waals surface area contributed by atoms with Crippen molar-refractivity contribution in [2.75, 3.05) is 6.61 Å². The van der Waals surface area contributed by atoms with Crippen molar-refractivity contribution in [2.45, 2.75) is 37.7 Å². The third-order valence-electron chi connectivity index (χ3n) is 7.27. The number of fused-ring (bicyclic) bond motifs is 2. The Morgan fingerprint density at radius 3 is 2.67 bits per heavy atom. The Morgan fingerprint density at radius 1 is 1.23 bits per heavy atom. The maximum atomic E-state index is 13.6. The van der Waals surface area contributed by atoms with Gasteiger partial charge >= 0.3 is 0 Å². The van der Waals surface area contributed by atoms with Crippen LogP contribution in [0.15, 0.2) is 60.8 Å². The summed E-state index contributed by atoms with van der Waals surface area (Å²) in [5.41, 5.74) is 5.65. The van der Waals surface area contributed by atoms with Crippen LogP contribution < -0.4 is 10.5 Å². The van der Waals surface area contributed by atoms with E-state index >= 15 is 0 Å². The van der Waals surface area contributed by atoms with E-state index in [-0.39, 0.29) is 36.5 Å². The van der Waals surface area contributed by atoms with Crippen molar-refractivity contribution in [3.63, 3.8) is 0 Å². The molecule has 0 unspecified atom stereocenters. The van der Waals surface area contributed by atoms with Crippen LogP contribution in [0.3, 0.4) is 0 Å². The first-order chi connectivity index (χ1) is 18.5. The molecule has 3 N–H and O–H groups in total. The number of carbonyl (C=O) groups is 2. The number of ether oxygens (including phenoxy) is 1. The quantitative estimate of drug-likeness (QED) is 0.343. The average Bonchev–Trinajstić information content (AvgIpc) is 3.29. The van der Waals surface area contributed by atoms with E-state index in [4.69, 9.17) is 10.5 Å². The van der Waals surface area contributed by atoms with E-state index in [1.165, 1.54) is 37.3 Å². The fraction of sp³-hybridized carbons (Fsp3) is 0.233. The number of carbonyl (C=O) groups excluding carboxylic acids is 2. The van der Waals surface area contributed by atoms with Gasteiger partial charge in [0.2, 0.25) is 5.91 Å². The lowest BCUT2D eigenvalue weighted by Crippen LogP contribution is -2.40. The zero-order chi connectivity index (χ0) is 27.9. The molecule has 0 saturated carbocycles. The van der Waals surface area contributed by atoms with E-state index in [0.717, 1.165) is 0 Å². The van der Waals surface area contributed by atoms with Gasteiger partial charge in [0.05, 0.1) is 16.8 Å². The molecule has 0 radical (unpaired) electrons. The first-order valence-electron chi connectivity index (χ1n) is 12.3. The Morgan fingerprint density at radius 2 is 1.97 bits per heavy atom. The van der Waals surface area contributed by atoms with Crippen molar-refractivity contribution in [2.24, 2.45) is 5.73 Å². The summed E-state index contributed by atoms with van der Waals surface area (Å²) in [6.07, 6.45) is 1.54. The lowest BCUT2D eigenvalue weighted by atomic mass is 9.81. The number of pyridine rings is 2. The second-order valence-corrected chi connectivity index (χ2v) is 10.1. The molecule has 2 atom stereocenters. The third-order valence-corrected chi connectivity index (χ3v) is 7.27. The Kier molecular flexibility index (Phi) is 6.36. The van der Waals surface area contributed by atoms with Crippen molar-refractivity contribution in [3.8, 4) is 23.1 Å². The van der Waals surface area contributed by atoms with Gasteiger partial charge in [0.25, 0.3) is 0 Å². The van der Waals surface area contributed by atoms with Gasteiger partial charge in [-0.3, -0.25) is 14.6 Å². The van der Waals surface area contributed by atoms with Gasteiger partial charge in [-0.2, -0.15) is 5.26 Å². The number of ketones is 1. The molecule has 0 spiro atoms. The van der Waals surface area contributed by atoms with Gasteiger partial charge in [-0.25, -0.2) is 9.37 Å². The van der Waals surface area contributed by atoms with E-state index in [9.17, 15) is 24.3 Å². The Hall–Kier alpha value is -4.68. The molecule has 4 aromatic rings. The van der Waals surface area contributed by atoms with Gasteiger partial charge in [-0.15, -0.1) is 0 Å². The van der Waals surface area contributed by atoms with E-state index in [1.807, 2.05) is 0 Å². The lowest BCUT2D eigenvalue weighted by Gasteiger charge is -2.26. The highest BCUT2D eigenvalue weighted by molar-refractivity contribution is 6.01. The summed E-state index contributed by atoms with van der Waals surface area (Å²) in [5, 5.41) is 21.7. The van der Waals surface area contributed by atoms with E-state index < -0.39 is 22.7 Å². The van der Waals surface area contributed by atoms with Crippen LogP contribution in [-0.2, 0) is 15.8 Å². The molecule has 39 heavy (non-hydrogen) atoms. The van der Waals surface area contributed by atoms with Crippen LogP contribution in [0.1, 0.15) is 53.9 Å². The number of Topliss-reactive ketones (excluding diaryl/α,β-unsaturated/α-hetero) is 1. The molecule has 0 saturated heterocycles. The SMILES string of the molecule is C[C@](O)(CCC(=O)c1cc(C#N)c2ncccc2c1)c1cc2c(c(-c3ccc(F)cc3)n1)OC[C@]2(C)C(N)=O. The molecule has 5 rings (SSSR count). The van der Waals surface area contributed by atoms with Crippen LogP contribution in [0.25, 0.3) is 22.2 Å². The number of nitrogens with two attached hydrogens (primary N) is 1. The fourth-order valence-electron chi connectivity index (χ4n) is 4.73. The first kappa shape index (κ1) is 25.9. The number of rotatable bonds is 7. The molecule has 1 aliphatic rings. The summed E-state index contributed by atoms with van der Waals surface area (Å²) in [4.78, 5) is 34.4. The smallest absolute Gasteiger partial charge is 0.231 e. The van der Waals surface area contributed by atoms with Crippen LogP contribution in [0.2, 0.25) is 0 Å². The number of nitriles is 1. The molecule has 8 nitrogen and oxygen atoms in total. The molecule has 0 fully saturated rings. The van der Waals surface area contributed by atoms with Crippen molar-refractivity contribution in [3.05, 3.63) is 89.0 Å². The predicted octanol–water partition coefficient (Wildman–Crippen LogP) is 4.31. The molecule has 3 heterocycles. The highest BCUT2D eigenvalue weighted by atomic mass is 19.1. The Bertz CT molecular complexity index is 1680. The minimum atomic E-state index is -1.59. The highest BCUT2D eigenvalue weighted by Gasteiger charge is 2.45. The van der Waals surface area contributed by atoms with Gasteiger partial charge in [-0.1, -0.05) is 6.07 Å². The van der Waals surface area contributed by atoms with Crippen molar-refractivity contribution in [1.82, 2.24) is 9.97 Å². The number of aromatic nitrogens is 2. The standard InChI is InChI=1S/C30H25FN4O4/c1-29(28(33)37)16-39-27-22(29)14-24(35-26(27)17-5-7-21(31)8-6-17)30(2,38)10-9-23(36)19-12-18-4-3-11-34-25(18)20(13-19)15-32/h3-8,11-14,38H,9-10,16H2,1-2H3,(H2,33,37)/t29-,30-/m0/s1. The highest BCUT2D eigenvalue weighted by Crippen LogP contribution is 2.46. The average molecular weight is 525 g/mol. The van der Waals surface area contributed by atoms with Crippen molar-refractivity contribution >= 4 is 22.6 Å². The normalized spacial score (nSPS) is 17.6. The van der Waals surface area contributed by atoms with Gasteiger partial charge in [-0.05, 0) is 68.8 Å². The summed E-state index contributed by atoms with van der Waals surface area (Å²) in [6, 6.07) is 16.0. The summed E-state index contributed by atoms with van der Waals surface area (Å²) < 4.78 is 19.5. The molecule has 2 aromatic heterocycles. The minimum Gasteiger partial charge on any atom is -0.489 e. The summed E-state index contributed by atoms with van der Waals surface area (Å²) in [6.45, 7) is 3.18. The first-order valence-corrected chi connectivity index (χ1v) is 12.3.